The summed E-state index contributed by atoms with van der Waals surface area (Å²) in [5, 5.41) is 0. The third-order valence-corrected chi connectivity index (χ3v) is 4.98. The van der Waals surface area contributed by atoms with Crippen LogP contribution < -0.4 is 0 Å². The number of aromatic nitrogens is 2. The van der Waals surface area contributed by atoms with Crippen LogP contribution in [0, 0.1) is 0 Å². The summed E-state index contributed by atoms with van der Waals surface area (Å²) in [4.78, 5) is 13.7. The van der Waals surface area contributed by atoms with Gasteiger partial charge in [-0.25, -0.2) is 0 Å². The van der Waals surface area contributed by atoms with Crippen LogP contribution in [0.25, 0.3) is 0 Å². The highest BCUT2D eigenvalue weighted by Crippen LogP contribution is 2.25. The monoisotopic (exact) mass is 324 g/mol. The van der Waals surface area contributed by atoms with E-state index in [4.69, 9.17) is 4.74 Å². The lowest BCUT2D eigenvalue weighted by molar-refractivity contribution is 0.0456. The fraction of sp³-hybridized carbons (Fsp3) is 0.474. The highest BCUT2D eigenvalue weighted by molar-refractivity contribution is 5.07. The fourth-order valence-electron chi connectivity index (χ4n) is 3.74. The first kappa shape index (κ1) is 15.7. The van der Waals surface area contributed by atoms with Gasteiger partial charge < -0.3 is 4.74 Å². The van der Waals surface area contributed by atoms with E-state index in [1.165, 1.54) is 0 Å². The van der Waals surface area contributed by atoms with Crippen molar-refractivity contribution in [2.75, 3.05) is 26.2 Å². The lowest BCUT2D eigenvalue weighted by Crippen LogP contribution is -2.49. The zero-order valence-electron chi connectivity index (χ0n) is 13.9. The molecule has 4 heterocycles. The van der Waals surface area contributed by atoms with Crippen molar-refractivity contribution < 1.29 is 4.74 Å². The van der Waals surface area contributed by atoms with Gasteiger partial charge in [-0.3, -0.25) is 19.8 Å². The molecule has 0 N–H and O–H groups in total. The second kappa shape index (κ2) is 7.38. The van der Waals surface area contributed by atoms with Crippen LogP contribution in [0.5, 0.6) is 0 Å². The molecule has 2 saturated heterocycles. The Morgan fingerprint density at radius 3 is 2.92 bits per heavy atom. The number of hydrogen-bond acceptors (Lipinski definition) is 5. The summed E-state index contributed by atoms with van der Waals surface area (Å²) >= 11 is 0. The molecular formula is C19H24N4O. The number of rotatable bonds is 5. The zero-order chi connectivity index (χ0) is 16.2. The van der Waals surface area contributed by atoms with Crippen molar-refractivity contribution in [3.05, 3.63) is 60.2 Å². The summed E-state index contributed by atoms with van der Waals surface area (Å²) in [5.74, 6) is 0. The minimum absolute atomic E-state index is 0.338. The fourth-order valence-corrected chi connectivity index (χ4v) is 3.74. The molecular weight excluding hydrogens is 300 g/mol. The largest absolute Gasteiger partial charge is 0.372 e. The van der Waals surface area contributed by atoms with Crippen LogP contribution in [0.1, 0.15) is 17.7 Å². The van der Waals surface area contributed by atoms with E-state index in [1.807, 2.05) is 24.5 Å². The van der Waals surface area contributed by atoms with Gasteiger partial charge in [0, 0.05) is 57.4 Å². The lowest BCUT2D eigenvalue weighted by atomic mass is 10.1. The molecule has 0 spiro atoms. The van der Waals surface area contributed by atoms with Gasteiger partial charge in [0.05, 0.1) is 18.4 Å². The molecule has 0 aromatic carbocycles. The lowest BCUT2D eigenvalue weighted by Gasteiger charge is -2.37. The highest BCUT2D eigenvalue weighted by atomic mass is 16.5. The van der Waals surface area contributed by atoms with Gasteiger partial charge in [-0.2, -0.15) is 0 Å². The first-order chi connectivity index (χ1) is 11.9. The first-order valence-corrected chi connectivity index (χ1v) is 8.73. The summed E-state index contributed by atoms with van der Waals surface area (Å²) in [6.45, 7) is 6.03. The summed E-state index contributed by atoms with van der Waals surface area (Å²) in [7, 11) is 0. The Morgan fingerprint density at radius 1 is 1.08 bits per heavy atom. The van der Waals surface area contributed by atoms with E-state index < -0.39 is 0 Å². The van der Waals surface area contributed by atoms with Crippen LogP contribution in [0.15, 0.2) is 48.9 Å². The average Bonchev–Trinajstić information content (AvgIpc) is 3.04. The molecule has 4 rings (SSSR count). The van der Waals surface area contributed by atoms with Crippen LogP contribution in [0.2, 0.25) is 0 Å². The molecule has 0 aliphatic carbocycles. The molecule has 5 nitrogen and oxygen atoms in total. The Labute approximate surface area is 143 Å². The third kappa shape index (κ3) is 3.80. The van der Waals surface area contributed by atoms with E-state index in [9.17, 15) is 0 Å². The van der Waals surface area contributed by atoms with E-state index in [2.05, 4.69) is 38.0 Å². The van der Waals surface area contributed by atoms with Crippen molar-refractivity contribution in [2.45, 2.75) is 31.7 Å². The maximum atomic E-state index is 6.12. The van der Waals surface area contributed by atoms with Gasteiger partial charge in [-0.05, 0) is 30.2 Å². The first-order valence-electron chi connectivity index (χ1n) is 8.73. The van der Waals surface area contributed by atoms with E-state index in [0.717, 1.165) is 50.4 Å². The SMILES string of the molecule is c1ccc(CN2CCN3CC(OCc4cccnc4)CC3C2)nc1. The van der Waals surface area contributed by atoms with Crippen LogP contribution in [0.4, 0.5) is 0 Å². The van der Waals surface area contributed by atoms with Gasteiger partial charge in [0.1, 0.15) is 0 Å². The Bertz CT molecular complexity index is 636. The molecule has 2 atom stereocenters. The van der Waals surface area contributed by atoms with Crippen molar-refractivity contribution >= 4 is 0 Å². The molecule has 2 unspecified atom stereocenters. The molecule has 2 aliphatic heterocycles. The number of hydrogen-bond donors (Lipinski definition) is 0. The summed E-state index contributed by atoms with van der Waals surface area (Å²) in [6, 6.07) is 10.8. The standard InChI is InChI=1S/C19H24N4O/c1-2-7-21-17(5-1)12-22-8-9-23-14-19(10-18(23)13-22)24-15-16-4-3-6-20-11-16/h1-7,11,18-19H,8-10,12-15H2. The molecule has 126 valence electrons. The second-order valence-corrected chi connectivity index (χ2v) is 6.73. The molecule has 0 amide bonds. The van der Waals surface area contributed by atoms with Gasteiger partial charge in [0.25, 0.3) is 0 Å². The summed E-state index contributed by atoms with van der Waals surface area (Å²) in [5.41, 5.74) is 2.31. The Hall–Kier alpha value is -1.82. The van der Waals surface area contributed by atoms with Crippen LogP contribution in [-0.4, -0.2) is 58.1 Å². The van der Waals surface area contributed by atoms with Gasteiger partial charge in [-0.15, -0.1) is 0 Å². The molecule has 24 heavy (non-hydrogen) atoms. The maximum Gasteiger partial charge on any atom is 0.0736 e. The molecule has 2 aliphatic rings. The molecule has 0 saturated carbocycles. The van der Waals surface area contributed by atoms with E-state index >= 15 is 0 Å². The molecule has 2 aromatic heterocycles. The molecule has 0 radical (unpaired) electrons. The van der Waals surface area contributed by atoms with Crippen molar-refractivity contribution in [1.29, 1.82) is 0 Å². The van der Waals surface area contributed by atoms with Crippen LogP contribution >= 0.6 is 0 Å². The van der Waals surface area contributed by atoms with E-state index in [-0.39, 0.29) is 0 Å². The predicted molar refractivity (Wildman–Crippen MR) is 92.3 cm³/mol. The second-order valence-electron chi connectivity index (χ2n) is 6.73. The molecule has 5 heteroatoms. The minimum Gasteiger partial charge on any atom is -0.372 e. The van der Waals surface area contributed by atoms with Crippen LogP contribution in [0.3, 0.4) is 0 Å². The van der Waals surface area contributed by atoms with Gasteiger partial charge in [0.2, 0.25) is 0 Å². The van der Waals surface area contributed by atoms with Crippen LogP contribution in [-0.2, 0) is 17.9 Å². The maximum absolute atomic E-state index is 6.12. The minimum atomic E-state index is 0.338. The third-order valence-electron chi connectivity index (χ3n) is 4.98. The van der Waals surface area contributed by atoms with Crippen molar-refractivity contribution in [3.63, 3.8) is 0 Å². The van der Waals surface area contributed by atoms with Crippen molar-refractivity contribution in [2.24, 2.45) is 0 Å². The highest BCUT2D eigenvalue weighted by Gasteiger charge is 2.36. The van der Waals surface area contributed by atoms with Gasteiger partial charge in [0.15, 0.2) is 0 Å². The van der Waals surface area contributed by atoms with Gasteiger partial charge in [-0.1, -0.05) is 12.1 Å². The number of fused-ring (bicyclic) bond motifs is 1. The molecule has 2 fully saturated rings. The van der Waals surface area contributed by atoms with Crippen molar-refractivity contribution in [1.82, 2.24) is 19.8 Å². The molecule has 2 aromatic rings. The number of pyridine rings is 2. The Balaban J connectivity index is 1.28. The predicted octanol–water partition coefficient (Wildman–Crippen LogP) is 1.95. The number of nitrogens with zero attached hydrogens (tertiary/aromatic N) is 4. The summed E-state index contributed by atoms with van der Waals surface area (Å²) in [6.07, 6.45) is 7.03. The van der Waals surface area contributed by atoms with Crippen molar-refractivity contribution in [3.8, 4) is 0 Å². The smallest absolute Gasteiger partial charge is 0.0736 e. The zero-order valence-corrected chi connectivity index (χ0v) is 13.9. The average molecular weight is 324 g/mol. The topological polar surface area (TPSA) is 41.5 Å². The number of ether oxygens (including phenoxy) is 1. The molecule has 0 bridgehead atoms. The summed E-state index contributed by atoms with van der Waals surface area (Å²) < 4.78 is 6.12. The normalized spacial score (nSPS) is 24.8. The Morgan fingerprint density at radius 2 is 2.08 bits per heavy atom. The van der Waals surface area contributed by atoms with E-state index in [0.29, 0.717) is 18.8 Å². The van der Waals surface area contributed by atoms with E-state index in [1.54, 1.807) is 6.20 Å². The quantitative estimate of drug-likeness (QED) is 0.841. The number of piperazine rings is 1. The Kier molecular flexibility index (Phi) is 4.83. The van der Waals surface area contributed by atoms with Gasteiger partial charge >= 0.3 is 0 Å².